The summed E-state index contributed by atoms with van der Waals surface area (Å²) in [7, 11) is 1.08. The predicted molar refractivity (Wildman–Crippen MR) is 430 cm³/mol. The Balaban J connectivity index is 1.00. The van der Waals surface area contributed by atoms with E-state index in [4.69, 9.17) is 84.8 Å². The summed E-state index contributed by atoms with van der Waals surface area (Å²) in [6, 6.07) is 83.5. The first-order valence-corrected chi connectivity index (χ1v) is 41.7. The van der Waals surface area contributed by atoms with Crippen molar-refractivity contribution >= 4 is 32.0 Å². The molecule has 10 aromatic carbocycles. The van der Waals surface area contributed by atoms with Crippen molar-refractivity contribution < 1.29 is 84.2 Å². The van der Waals surface area contributed by atoms with Gasteiger partial charge in [0.2, 0.25) is 11.6 Å². The first-order chi connectivity index (χ1) is 54.8. The Morgan fingerprint density at radius 1 is 0.416 bits per heavy atom. The van der Waals surface area contributed by atoms with Crippen LogP contribution in [-0.2, 0) is 116 Å². The number of hydrogen-bond acceptors (Lipinski definition) is 14. The van der Waals surface area contributed by atoms with E-state index in [1.807, 2.05) is 206 Å². The van der Waals surface area contributed by atoms with Gasteiger partial charge in [0.05, 0.1) is 52.4 Å². The second kappa shape index (κ2) is 40.4. The van der Waals surface area contributed by atoms with Gasteiger partial charge in [-0.15, -0.1) is 0 Å². The molecule has 0 saturated carbocycles. The highest BCUT2D eigenvalue weighted by Crippen LogP contribution is 2.50. The minimum atomic E-state index is -2.65. The summed E-state index contributed by atoms with van der Waals surface area (Å²) < 4.78 is 145. The van der Waals surface area contributed by atoms with Gasteiger partial charge in [0, 0.05) is 44.2 Å². The van der Waals surface area contributed by atoms with Gasteiger partial charge in [-0.05, 0) is 122 Å². The van der Waals surface area contributed by atoms with Crippen LogP contribution in [-0.4, -0.2) is 122 Å². The number of aliphatic hydroxyl groups excluding tert-OH is 1. The highest BCUT2D eigenvalue weighted by Gasteiger charge is 2.63. The second-order valence-electron chi connectivity index (χ2n) is 29.3. The highest BCUT2D eigenvalue weighted by molar-refractivity contribution is 6.59. The molecule has 12 atom stereocenters. The minimum absolute atomic E-state index is 0.0458. The summed E-state index contributed by atoms with van der Waals surface area (Å²) in [6.45, 7) is 7.32. The average molecular weight is 1600 g/mol. The number of halogens is 6. The van der Waals surface area contributed by atoms with Gasteiger partial charge in [-0.2, -0.15) is 0 Å². The van der Waals surface area contributed by atoms with Crippen LogP contribution in [0.15, 0.2) is 267 Å². The molecule has 1 N–H and O–H groups in total. The SMILES string of the molecule is CO[C@@]1(c2ccc(Cl)c(Cc3ccc(OCC(F)F)cc3)c2)O[C@H](C(O)C(OC[C@H]2O[C@@](OC)(c3ccc(Cl)c(Cc4ccc(OCC(F)F)cc4)c3)[C@H](OCc3ccccc3)[C@@H](OCc3ccccc3)[C@@H]2OCc2ccccc2)C(C)(C)[SiH](C)C)[C@@H](OCc2ccccc2)[C@H](OCc2ccccc2)[C@H]1OCc1ccccc1. The lowest BCUT2D eigenvalue weighted by Gasteiger charge is -2.55. The molecule has 21 heteroatoms. The first-order valence-electron chi connectivity index (χ1n) is 38.1. The van der Waals surface area contributed by atoms with Gasteiger partial charge >= 0.3 is 0 Å². The number of ether oxygens (including phenoxy) is 13. The van der Waals surface area contributed by atoms with Gasteiger partial charge in [0.25, 0.3) is 12.9 Å². The van der Waals surface area contributed by atoms with E-state index in [0.717, 1.165) is 44.5 Å². The summed E-state index contributed by atoms with van der Waals surface area (Å²) in [6.07, 6.45) is -16.5. The fourth-order valence-electron chi connectivity index (χ4n) is 14.5. The van der Waals surface area contributed by atoms with E-state index in [1.165, 1.54) is 7.11 Å². The van der Waals surface area contributed by atoms with Crippen molar-refractivity contribution in [1.29, 1.82) is 0 Å². The molecular weight excluding hydrogens is 1500 g/mol. The largest absolute Gasteiger partial charge is 0.488 e. The number of rotatable bonds is 39. The lowest BCUT2D eigenvalue weighted by molar-refractivity contribution is -0.397. The van der Waals surface area contributed by atoms with Crippen LogP contribution in [0.5, 0.6) is 11.5 Å². The third-order valence-corrected chi connectivity index (χ3v) is 25.2. The van der Waals surface area contributed by atoms with Crippen LogP contribution < -0.4 is 9.47 Å². The van der Waals surface area contributed by atoms with E-state index in [0.29, 0.717) is 44.5 Å². The van der Waals surface area contributed by atoms with Crippen molar-refractivity contribution in [3.63, 3.8) is 0 Å². The minimum Gasteiger partial charge on any atom is -0.488 e. The Morgan fingerprint density at radius 3 is 1.09 bits per heavy atom. The fourth-order valence-corrected chi connectivity index (χ4v) is 15.8. The van der Waals surface area contributed by atoms with Crippen molar-refractivity contribution in [2.24, 2.45) is 0 Å². The van der Waals surface area contributed by atoms with Gasteiger partial charge in [-0.1, -0.05) is 269 Å². The van der Waals surface area contributed by atoms with Gasteiger partial charge in [-0.3, -0.25) is 0 Å². The zero-order valence-electron chi connectivity index (χ0n) is 64.2. The van der Waals surface area contributed by atoms with Gasteiger partial charge in [-0.25, -0.2) is 17.6 Å². The smallest absolute Gasteiger partial charge is 0.272 e. The lowest BCUT2D eigenvalue weighted by atomic mass is 9.82. The monoisotopic (exact) mass is 1600 g/mol. The number of aliphatic hydroxyl groups is 1. The molecule has 0 aromatic heterocycles. The molecule has 2 aliphatic rings. The van der Waals surface area contributed by atoms with E-state index >= 15 is 0 Å². The Hall–Kier alpha value is -8.16. The Kier molecular flexibility index (Phi) is 30.1. The third kappa shape index (κ3) is 21.7. The molecule has 2 aliphatic heterocycles. The molecule has 12 rings (SSSR count). The molecule has 2 heterocycles. The molecule has 14 nitrogen and oxygen atoms in total. The molecule has 2 fully saturated rings. The maximum Gasteiger partial charge on any atom is 0.272 e. The average Bonchev–Trinajstić information content (AvgIpc) is 0.741. The summed E-state index contributed by atoms with van der Waals surface area (Å²) >= 11 is 14.5. The maximum atomic E-state index is 14.5. The number of hydrogen-bond donors (Lipinski definition) is 1. The van der Waals surface area contributed by atoms with Crippen molar-refractivity contribution in [2.45, 2.75) is 170 Å². The number of benzene rings is 10. The second-order valence-corrected chi connectivity index (χ2v) is 34.0. The summed E-state index contributed by atoms with van der Waals surface area (Å²) in [4.78, 5) is 0. The molecule has 113 heavy (non-hydrogen) atoms. The van der Waals surface area contributed by atoms with Gasteiger partial charge in [0.15, 0.2) is 0 Å². The molecule has 10 aromatic rings. The molecule has 2 saturated heterocycles. The Morgan fingerprint density at radius 2 is 0.743 bits per heavy atom. The summed E-state index contributed by atoms with van der Waals surface area (Å²) in [5.74, 6) is -3.22. The van der Waals surface area contributed by atoms with E-state index in [9.17, 15) is 22.7 Å². The van der Waals surface area contributed by atoms with Crippen LogP contribution in [0.1, 0.15) is 80.6 Å². The van der Waals surface area contributed by atoms with Crippen LogP contribution in [0.4, 0.5) is 17.6 Å². The Bertz CT molecular complexity index is 4500. The maximum absolute atomic E-state index is 14.5. The highest BCUT2D eigenvalue weighted by atomic mass is 35.5. The molecule has 596 valence electrons. The molecule has 0 aliphatic carbocycles. The molecule has 2 unspecified atom stereocenters. The molecular formula is C92H98Cl2F4O14Si. The molecule has 0 radical (unpaired) electrons. The zero-order chi connectivity index (χ0) is 79.3. The van der Waals surface area contributed by atoms with Crippen LogP contribution in [0.25, 0.3) is 0 Å². The summed E-state index contributed by atoms with van der Waals surface area (Å²) in [5, 5.41) is 14.6. The fraction of sp³-hybridized carbons (Fsp3) is 0.348. The molecule has 0 spiro atoms. The lowest BCUT2D eigenvalue weighted by Crippen LogP contribution is -2.69. The normalized spacial score (nSPS) is 21.8. The van der Waals surface area contributed by atoms with Gasteiger partial charge in [0.1, 0.15) is 79.6 Å². The zero-order valence-corrected chi connectivity index (χ0v) is 66.9. The third-order valence-electron chi connectivity index (χ3n) is 21.2. The van der Waals surface area contributed by atoms with Crippen molar-refractivity contribution in [2.75, 3.05) is 34.0 Å². The van der Waals surface area contributed by atoms with E-state index in [2.05, 4.69) is 26.9 Å². The van der Waals surface area contributed by atoms with Gasteiger partial charge < -0.3 is 66.7 Å². The molecule has 0 amide bonds. The van der Waals surface area contributed by atoms with Crippen LogP contribution >= 0.6 is 23.2 Å². The van der Waals surface area contributed by atoms with E-state index < -0.39 is 113 Å². The predicted octanol–water partition coefficient (Wildman–Crippen LogP) is 19.1. The van der Waals surface area contributed by atoms with E-state index in [-0.39, 0.29) is 58.4 Å². The topological polar surface area (TPSA) is 140 Å². The number of alkyl halides is 4. The van der Waals surface area contributed by atoms with Crippen molar-refractivity contribution in [3.05, 3.63) is 344 Å². The van der Waals surface area contributed by atoms with Crippen LogP contribution in [0.2, 0.25) is 28.2 Å². The van der Waals surface area contributed by atoms with Crippen LogP contribution in [0.3, 0.4) is 0 Å². The summed E-state index contributed by atoms with van der Waals surface area (Å²) in [5.41, 5.74) is 9.05. The van der Waals surface area contributed by atoms with Crippen LogP contribution in [0, 0.1) is 0 Å². The first kappa shape index (κ1) is 84.2. The molecule has 0 bridgehead atoms. The quantitative estimate of drug-likeness (QED) is 0.0289. The van der Waals surface area contributed by atoms with Crippen molar-refractivity contribution in [3.8, 4) is 11.5 Å². The van der Waals surface area contributed by atoms with Crippen molar-refractivity contribution in [1.82, 2.24) is 0 Å². The number of methoxy groups -OCH3 is 2. The Labute approximate surface area is 671 Å². The van der Waals surface area contributed by atoms with E-state index in [1.54, 1.807) is 67.8 Å². The standard InChI is InChI=1S/C92H98Cl2F4O14Si/c1-90(2,113(5)6)87(81(99)83-84(105-54-65-27-15-8-16-28-65)86(107-56-67-31-19-10-20-32-67)89(109-58-69-35-23-12-24-36-69)92(101-4,112-83)73-42-48-77(94)71(52-73)50-63-39-45-75(46-40-63)103-61-80(97)98)110-59-78-82(104-53-64-25-13-7-14-26-64)85(106-55-66-29-17-9-18-30-66)88(108-57-68-33-21-11-22-34-68)91(100-3,111-78)72-41-47-76(93)70(51-72)49-62-37-43-74(44-38-62)102-60-79(95)96/h7-48,51-52,78-89,99,113H,49-50,53-61H2,1-6H3/t78-,81?,82-,83-,84-,85+,86+,87?,88-,89-,91+,92+/m1/s1.